The first-order valence-electron chi connectivity index (χ1n) is 10.0. The molecule has 1 atom stereocenters. The van der Waals surface area contributed by atoms with Gasteiger partial charge in [0.25, 0.3) is 10.0 Å². The molecule has 0 N–H and O–H groups in total. The molecule has 1 saturated carbocycles. The zero-order valence-electron chi connectivity index (χ0n) is 16.0. The summed E-state index contributed by atoms with van der Waals surface area (Å²) in [7, 11) is -3.64. The maximum atomic E-state index is 13.4. The fourth-order valence-electron chi connectivity index (χ4n) is 4.66. The molecule has 0 radical (unpaired) electrons. The van der Waals surface area contributed by atoms with Crippen molar-refractivity contribution in [3.05, 3.63) is 53.6 Å². The van der Waals surface area contributed by atoms with Gasteiger partial charge in [-0.05, 0) is 68.0 Å². The highest BCUT2D eigenvalue weighted by Gasteiger charge is 2.37. The highest BCUT2D eigenvalue weighted by atomic mass is 32.2. The summed E-state index contributed by atoms with van der Waals surface area (Å²) in [6, 6.07) is 12.8. The van der Waals surface area contributed by atoms with Crippen LogP contribution in [0.4, 0.5) is 11.4 Å². The molecule has 0 unspecified atom stereocenters. The predicted octanol–water partition coefficient (Wildman–Crippen LogP) is 3.52. The SMILES string of the molecule is C[C@H]1Cc2ccccc2N1S(=O)(=O)c1ccc2c(c1)CCN2C(=O)C1CCC1. The Balaban J connectivity index is 1.48. The summed E-state index contributed by atoms with van der Waals surface area (Å²) in [5, 5.41) is 0. The maximum Gasteiger partial charge on any atom is 0.264 e. The number of sulfonamides is 1. The van der Waals surface area contributed by atoms with E-state index in [9.17, 15) is 13.2 Å². The summed E-state index contributed by atoms with van der Waals surface area (Å²) >= 11 is 0. The van der Waals surface area contributed by atoms with Crippen LogP contribution in [0.15, 0.2) is 47.4 Å². The minimum Gasteiger partial charge on any atom is -0.312 e. The van der Waals surface area contributed by atoms with Gasteiger partial charge in [-0.15, -0.1) is 0 Å². The van der Waals surface area contributed by atoms with Crippen molar-refractivity contribution < 1.29 is 13.2 Å². The smallest absolute Gasteiger partial charge is 0.264 e. The third-order valence-corrected chi connectivity index (χ3v) is 8.29. The van der Waals surface area contributed by atoms with E-state index in [1.807, 2.05) is 42.2 Å². The van der Waals surface area contributed by atoms with Crippen LogP contribution in [0.3, 0.4) is 0 Å². The maximum absolute atomic E-state index is 13.4. The normalized spacial score (nSPS) is 21.4. The lowest BCUT2D eigenvalue weighted by atomic mass is 9.84. The Hall–Kier alpha value is -2.34. The Labute approximate surface area is 166 Å². The molecule has 2 aromatic carbocycles. The van der Waals surface area contributed by atoms with Crippen LogP contribution < -0.4 is 9.21 Å². The van der Waals surface area contributed by atoms with E-state index in [0.717, 1.165) is 48.2 Å². The number of carbonyl (C=O) groups excluding carboxylic acids is 1. The number of para-hydroxylation sites is 1. The molecule has 2 heterocycles. The van der Waals surface area contributed by atoms with Crippen molar-refractivity contribution in [1.82, 2.24) is 0 Å². The van der Waals surface area contributed by atoms with Crippen molar-refractivity contribution >= 4 is 27.3 Å². The van der Waals surface area contributed by atoms with E-state index in [-0.39, 0.29) is 17.9 Å². The average Bonchev–Trinajstić information content (AvgIpc) is 3.19. The Morgan fingerprint density at radius 1 is 1.04 bits per heavy atom. The van der Waals surface area contributed by atoms with E-state index >= 15 is 0 Å². The van der Waals surface area contributed by atoms with Gasteiger partial charge in [-0.3, -0.25) is 9.10 Å². The van der Waals surface area contributed by atoms with Crippen LogP contribution in [0.5, 0.6) is 0 Å². The number of hydrogen-bond donors (Lipinski definition) is 0. The van der Waals surface area contributed by atoms with E-state index in [2.05, 4.69) is 0 Å². The van der Waals surface area contributed by atoms with Crippen molar-refractivity contribution in [3.8, 4) is 0 Å². The number of nitrogens with zero attached hydrogens (tertiary/aromatic N) is 2. The minimum atomic E-state index is -3.64. The van der Waals surface area contributed by atoms with Crippen molar-refractivity contribution in [3.63, 3.8) is 0 Å². The molecule has 5 rings (SSSR count). The predicted molar refractivity (Wildman–Crippen MR) is 109 cm³/mol. The van der Waals surface area contributed by atoms with Crippen LogP contribution in [0.2, 0.25) is 0 Å². The van der Waals surface area contributed by atoms with Gasteiger partial charge < -0.3 is 4.90 Å². The van der Waals surface area contributed by atoms with Crippen LogP contribution in [-0.4, -0.2) is 26.9 Å². The number of fused-ring (bicyclic) bond motifs is 2. The van der Waals surface area contributed by atoms with Gasteiger partial charge in [-0.2, -0.15) is 0 Å². The first-order chi connectivity index (χ1) is 13.5. The molecule has 0 bridgehead atoms. The Kier molecular flexibility index (Phi) is 4.02. The zero-order chi connectivity index (χ0) is 19.5. The third kappa shape index (κ3) is 2.58. The molecule has 2 aliphatic heterocycles. The Bertz CT molecular complexity index is 1060. The number of rotatable bonds is 3. The summed E-state index contributed by atoms with van der Waals surface area (Å²) < 4.78 is 28.4. The minimum absolute atomic E-state index is 0.104. The summed E-state index contributed by atoms with van der Waals surface area (Å²) in [4.78, 5) is 14.8. The van der Waals surface area contributed by atoms with E-state index in [4.69, 9.17) is 0 Å². The first kappa shape index (κ1) is 17.7. The summed E-state index contributed by atoms with van der Waals surface area (Å²) in [6.45, 7) is 2.60. The number of carbonyl (C=O) groups is 1. The standard InChI is InChI=1S/C22H24N2O3S/c1-15-13-17-5-2-3-8-21(17)24(15)28(26,27)19-9-10-20-18(14-19)11-12-23(20)22(25)16-6-4-7-16/h2-3,5,8-10,14-16H,4,6-7,11-13H2,1H3/t15-/m0/s1. The molecule has 1 fully saturated rings. The quantitative estimate of drug-likeness (QED) is 0.798. The summed E-state index contributed by atoms with van der Waals surface area (Å²) in [5.41, 5.74) is 3.67. The number of amides is 1. The van der Waals surface area contributed by atoms with Gasteiger partial charge in [-0.25, -0.2) is 8.42 Å². The van der Waals surface area contributed by atoms with Crippen LogP contribution in [0.1, 0.15) is 37.3 Å². The second-order valence-corrected chi connectivity index (χ2v) is 9.96. The number of benzene rings is 2. The number of anilines is 2. The highest BCUT2D eigenvalue weighted by Crippen LogP contribution is 2.39. The molecule has 1 amide bonds. The highest BCUT2D eigenvalue weighted by molar-refractivity contribution is 7.92. The zero-order valence-corrected chi connectivity index (χ0v) is 16.8. The van der Waals surface area contributed by atoms with E-state index in [1.54, 1.807) is 16.4 Å². The van der Waals surface area contributed by atoms with E-state index in [0.29, 0.717) is 17.9 Å². The molecular formula is C22H24N2O3S. The van der Waals surface area contributed by atoms with Crippen LogP contribution in [0, 0.1) is 5.92 Å². The van der Waals surface area contributed by atoms with Crippen molar-refractivity contribution in [2.24, 2.45) is 5.92 Å². The van der Waals surface area contributed by atoms with Crippen LogP contribution in [0.25, 0.3) is 0 Å². The van der Waals surface area contributed by atoms with Crippen LogP contribution >= 0.6 is 0 Å². The molecule has 0 saturated heterocycles. The van der Waals surface area contributed by atoms with Gasteiger partial charge in [0.1, 0.15) is 0 Å². The lowest BCUT2D eigenvalue weighted by Gasteiger charge is -2.29. The molecule has 5 nitrogen and oxygen atoms in total. The van der Waals surface area contributed by atoms with Gasteiger partial charge in [0.15, 0.2) is 0 Å². The molecule has 0 spiro atoms. The van der Waals surface area contributed by atoms with Gasteiger partial charge in [0, 0.05) is 24.2 Å². The fourth-order valence-corrected chi connectivity index (χ4v) is 6.40. The molecule has 6 heteroatoms. The lowest BCUT2D eigenvalue weighted by molar-refractivity contribution is -0.124. The third-order valence-electron chi connectivity index (χ3n) is 6.37. The van der Waals surface area contributed by atoms with Gasteiger partial charge in [0.2, 0.25) is 5.91 Å². The lowest BCUT2D eigenvalue weighted by Crippen LogP contribution is -2.37. The molecular weight excluding hydrogens is 372 g/mol. The van der Waals surface area contributed by atoms with Crippen LogP contribution in [-0.2, 0) is 27.7 Å². The van der Waals surface area contributed by atoms with Crippen molar-refractivity contribution in [1.29, 1.82) is 0 Å². The molecule has 0 aromatic heterocycles. The largest absolute Gasteiger partial charge is 0.312 e. The molecule has 3 aliphatic rings. The molecule has 2 aromatic rings. The van der Waals surface area contributed by atoms with Gasteiger partial charge >= 0.3 is 0 Å². The topological polar surface area (TPSA) is 57.7 Å². The second-order valence-electron chi connectivity index (χ2n) is 8.14. The van der Waals surface area contributed by atoms with E-state index < -0.39 is 10.0 Å². The fraction of sp³-hybridized carbons (Fsp3) is 0.409. The molecule has 28 heavy (non-hydrogen) atoms. The van der Waals surface area contributed by atoms with Gasteiger partial charge in [-0.1, -0.05) is 24.6 Å². The second kappa shape index (κ2) is 6.34. The van der Waals surface area contributed by atoms with Crippen molar-refractivity contribution in [2.75, 3.05) is 15.7 Å². The molecule has 146 valence electrons. The number of hydrogen-bond acceptors (Lipinski definition) is 3. The Morgan fingerprint density at radius 3 is 2.57 bits per heavy atom. The summed E-state index contributed by atoms with van der Waals surface area (Å²) in [5.74, 6) is 0.346. The first-order valence-corrected chi connectivity index (χ1v) is 11.5. The Morgan fingerprint density at radius 2 is 1.82 bits per heavy atom. The van der Waals surface area contributed by atoms with Gasteiger partial charge in [0.05, 0.1) is 10.6 Å². The van der Waals surface area contributed by atoms with Crippen molar-refractivity contribution in [2.45, 2.75) is 50.0 Å². The monoisotopic (exact) mass is 396 g/mol. The average molecular weight is 397 g/mol. The summed E-state index contributed by atoms with van der Waals surface area (Å²) in [6.07, 6.45) is 4.52. The van der Waals surface area contributed by atoms with E-state index in [1.165, 1.54) is 0 Å². The molecule has 1 aliphatic carbocycles.